The molecule has 0 spiro atoms. The fourth-order valence-electron chi connectivity index (χ4n) is 5.55. The highest BCUT2D eigenvalue weighted by atomic mass is 35.5. The van der Waals surface area contributed by atoms with E-state index in [0.717, 1.165) is 32.7 Å². The molecule has 0 aliphatic heterocycles. The van der Waals surface area contributed by atoms with E-state index in [9.17, 15) is 9.59 Å². The average molecular weight is 940 g/mol. The number of nitriles is 1. The first-order chi connectivity index (χ1) is 26.5. The Hall–Kier alpha value is -2.85. The molecule has 0 aliphatic carbocycles. The van der Waals surface area contributed by atoms with Crippen LogP contribution in [-0.4, -0.2) is 52.5 Å². The third kappa shape index (κ3) is 19.0. The second-order valence-corrected chi connectivity index (χ2v) is 34.0. The van der Waals surface area contributed by atoms with E-state index in [-0.39, 0.29) is 5.56 Å². The van der Waals surface area contributed by atoms with E-state index in [0.29, 0.717) is 15.6 Å². The van der Waals surface area contributed by atoms with Gasteiger partial charge in [0.15, 0.2) is 0 Å². The van der Waals surface area contributed by atoms with E-state index < -0.39 is 35.4 Å². The monoisotopic (exact) mass is 936 g/mol. The number of halogens is 5. The number of rotatable bonds is 8. The highest BCUT2D eigenvalue weighted by molar-refractivity contribution is 6.91. The number of hydrogen-bond acceptors (Lipinski definition) is 4. The molecule has 316 valence electrons. The Kier molecular flexibility index (Phi) is 23.8. The summed E-state index contributed by atoms with van der Waals surface area (Å²) in [5, 5.41) is 21.8. The fraction of sp³-hybridized carbons (Fsp3) is 0.356. The molecule has 0 aromatic heterocycles. The Morgan fingerprint density at radius 3 is 1.33 bits per heavy atom. The molecule has 0 unspecified atom stereocenters. The highest BCUT2D eigenvalue weighted by Gasteiger charge is 2.26. The zero-order valence-corrected chi connectivity index (χ0v) is 43.5. The molecular formula is C45H61Cl5N2O3Si3. The fourth-order valence-corrected chi connectivity index (χ4v) is 11.9. The molecular weight excluding hydrogens is 878 g/mol. The van der Waals surface area contributed by atoms with E-state index in [2.05, 4.69) is 108 Å². The number of benzene rings is 4. The number of nitrogens with zero attached hydrogens (tertiary/aromatic N) is 2. The van der Waals surface area contributed by atoms with Crippen molar-refractivity contribution in [2.45, 2.75) is 100 Å². The highest BCUT2D eigenvalue weighted by Crippen LogP contribution is 2.20. The number of aromatic carboxylic acids is 1. The predicted octanol–water partition coefficient (Wildman–Crippen LogP) is 13.5. The van der Waals surface area contributed by atoms with Crippen LogP contribution in [0.15, 0.2) is 89.6 Å². The number of carboxylic acids is 1. The van der Waals surface area contributed by atoms with Crippen molar-refractivity contribution in [3.8, 4) is 6.07 Å². The number of aryl methyl sites for hydroxylation is 1. The van der Waals surface area contributed by atoms with Crippen molar-refractivity contribution in [2.24, 2.45) is 0 Å². The largest absolute Gasteiger partial charge is 0.478 e. The van der Waals surface area contributed by atoms with Crippen molar-refractivity contribution >= 4 is 109 Å². The summed E-state index contributed by atoms with van der Waals surface area (Å²) in [7, 11) is -2.38. The molecule has 0 atom stereocenters. The van der Waals surface area contributed by atoms with Crippen LogP contribution < -0.4 is 15.6 Å². The van der Waals surface area contributed by atoms with Gasteiger partial charge >= 0.3 is 5.97 Å². The SMILES string of the molecule is CC#N.CC(C)=C(Cl)N(C)Cc1ccc(C)cc1.C[Si](C)(C)c1cccc(Cl)c1C(=O)Cl.C[Si](C)(C)c1cccc(Cl)c1C(=O)O.Cc1c(Cl)cccc1[Si](C)(C)C. The molecule has 4 aromatic rings. The smallest absolute Gasteiger partial charge is 0.337 e. The van der Waals surface area contributed by atoms with E-state index >= 15 is 0 Å². The summed E-state index contributed by atoms with van der Waals surface area (Å²) in [5.74, 6) is -0.937. The number of carboxylic acid groups (broad SMARTS) is 1. The van der Waals surface area contributed by atoms with E-state index in [1.54, 1.807) is 18.2 Å². The van der Waals surface area contributed by atoms with Gasteiger partial charge in [-0.2, -0.15) is 5.26 Å². The molecule has 0 saturated heterocycles. The maximum atomic E-state index is 11.2. The van der Waals surface area contributed by atoms with Crippen LogP contribution in [0.1, 0.15) is 58.2 Å². The van der Waals surface area contributed by atoms with Gasteiger partial charge < -0.3 is 10.0 Å². The van der Waals surface area contributed by atoms with E-state index in [4.69, 9.17) is 68.4 Å². The molecule has 0 radical (unpaired) electrons. The lowest BCUT2D eigenvalue weighted by Crippen LogP contribution is -2.41. The predicted molar refractivity (Wildman–Crippen MR) is 263 cm³/mol. The van der Waals surface area contributed by atoms with Crippen molar-refractivity contribution in [1.82, 2.24) is 4.90 Å². The van der Waals surface area contributed by atoms with Gasteiger partial charge in [0, 0.05) is 25.5 Å². The summed E-state index contributed by atoms with van der Waals surface area (Å²) >= 11 is 29.5. The van der Waals surface area contributed by atoms with Crippen molar-refractivity contribution in [3.63, 3.8) is 0 Å². The maximum absolute atomic E-state index is 11.2. The van der Waals surface area contributed by atoms with E-state index in [1.807, 2.05) is 57.3 Å². The van der Waals surface area contributed by atoms with Crippen LogP contribution in [0.4, 0.5) is 0 Å². The minimum absolute atomic E-state index is 0.272. The van der Waals surface area contributed by atoms with Crippen molar-refractivity contribution < 1.29 is 14.7 Å². The van der Waals surface area contributed by atoms with Crippen LogP contribution in [0.2, 0.25) is 74.0 Å². The third-order valence-electron chi connectivity index (χ3n) is 8.42. The first-order valence-electron chi connectivity index (χ1n) is 18.7. The third-order valence-corrected chi connectivity index (χ3v) is 16.5. The molecule has 58 heavy (non-hydrogen) atoms. The van der Waals surface area contributed by atoms with Crippen molar-refractivity contribution in [3.05, 3.63) is 132 Å². The first kappa shape index (κ1) is 55.2. The summed E-state index contributed by atoms with van der Waals surface area (Å²) in [4.78, 5) is 24.3. The molecule has 4 aromatic carbocycles. The Bertz CT molecular complexity index is 1970. The van der Waals surface area contributed by atoms with Crippen LogP contribution in [-0.2, 0) is 6.54 Å². The molecule has 5 nitrogen and oxygen atoms in total. The summed E-state index contributed by atoms with van der Waals surface area (Å²) in [6, 6.07) is 27.3. The number of carbonyl (C=O) groups is 2. The van der Waals surface area contributed by atoms with Crippen LogP contribution in [0.25, 0.3) is 0 Å². The van der Waals surface area contributed by atoms with Gasteiger partial charge in [0.2, 0.25) is 0 Å². The minimum atomic E-state index is -1.64. The summed E-state index contributed by atoms with van der Waals surface area (Å²) in [5.41, 5.74) is 5.73. The normalized spacial score (nSPS) is 10.7. The number of carbonyl (C=O) groups excluding carboxylic acids is 1. The molecule has 4 rings (SSSR count). The molecule has 0 aliphatic rings. The topological polar surface area (TPSA) is 81.4 Å². The molecule has 0 heterocycles. The lowest BCUT2D eigenvalue weighted by Gasteiger charge is -2.19. The van der Waals surface area contributed by atoms with Gasteiger partial charge in [-0.15, -0.1) is 0 Å². The van der Waals surface area contributed by atoms with Gasteiger partial charge in [-0.25, -0.2) is 4.79 Å². The molecule has 0 amide bonds. The Morgan fingerprint density at radius 1 is 0.655 bits per heavy atom. The standard InChI is InChI=1S/C13H18ClN.C10H12Cl2OSi.C10H13ClO2Si.C10H15ClSi.C2H3N/c1-10(2)13(14)15(4)9-12-7-5-11(3)6-8-12;2*1-14(2,3)8-6-4-5-7(11)9(8)10(12)13;1-8-9(11)6-5-7-10(8)12(2,3)4;1-2-3/h5-8H,9H2,1-4H3;4-6H,1-3H3;4-6H,1-3H3,(H,12,13);5-7H,1-4H3;1H3. The van der Waals surface area contributed by atoms with Gasteiger partial charge in [0.1, 0.15) is 5.16 Å². The maximum Gasteiger partial charge on any atom is 0.337 e. The van der Waals surface area contributed by atoms with Crippen LogP contribution in [0.5, 0.6) is 0 Å². The summed E-state index contributed by atoms with van der Waals surface area (Å²) < 4.78 is 0. The molecule has 0 saturated carbocycles. The van der Waals surface area contributed by atoms with E-state index in [1.165, 1.54) is 28.8 Å². The van der Waals surface area contributed by atoms with Gasteiger partial charge in [0.05, 0.1) is 51.5 Å². The minimum Gasteiger partial charge on any atom is -0.478 e. The summed E-state index contributed by atoms with van der Waals surface area (Å²) in [6.07, 6.45) is 0. The van der Waals surface area contributed by atoms with Crippen molar-refractivity contribution in [2.75, 3.05) is 7.05 Å². The molecule has 13 heteroatoms. The zero-order chi connectivity index (χ0) is 45.3. The molecule has 0 bridgehead atoms. The lowest BCUT2D eigenvalue weighted by atomic mass is 10.1. The first-order valence-corrected chi connectivity index (χ1v) is 31.1. The van der Waals surface area contributed by atoms with Crippen LogP contribution >= 0.6 is 58.0 Å². The molecule has 1 N–H and O–H groups in total. The molecule has 0 fully saturated rings. The lowest BCUT2D eigenvalue weighted by molar-refractivity contribution is 0.0698. The van der Waals surface area contributed by atoms with Gasteiger partial charge in [-0.05, 0) is 84.6 Å². The second-order valence-electron chi connectivity index (χ2n) is 16.9. The van der Waals surface area contributed by atoms with Gasteiger partial charge in [0.25, 0.3) is 5.24 Å². The second kappa shape index (κ2) is 25.0. The Morgan fingerprint density at radius 2 is 1.02 bits per heavy atom. The Balaban J connectivity index is 0.000000731. The quantitative estimate of drug-likeness (QED) is 0.108. The van der Waals surface area contributed by atoms with Crippen LogP contribution in [0.3, 0.4) is 0 Å². The number of hydrogen-bond donors (Lipinski definition) is 1. The van der Waals surface area contributed by atoms with Crippen molar-refractivity contribution in [1.29, 1.82) is 5.26 Å². The average Bonchev–Trinajstić information content (AvgIpc) is 3.09. The van der Waals surface area contributed by atoms with Gasteiger partial charge in [-0.3, -0.25) is 4.79 Å². The van der Waals surface area contributed by atoms with Crippen LogP contribution in [0, 0.1) is 25.2 Å². The Labute approximate surface area is 377 Å². The van der Waals surface area contributed by atoms with Gasteiger partial charge in [-0.1, -0.05) is 177 Å². The zero-order valence-electron chi connectivity index (χ0n) is 36.8. The summed E-state index contributed by atoms with van der Waals surface area (Å²) in [6.45, 7) is 30.3. The number of allylic oxidation sites excluding steroid dienone is 1.